The van der Waals surface area contributed by atoms with Gasteiger partial charge in [0.2, 0.25) is 0 Å². The number of carbonyl (C=O) groups excluding carboxylic acids is 1. The van der Waals surface area contributed by atoms with Crippen LogP contribution in [-0.4, -0.2) is 23.5 Å². The van der Waals surface area contributed by atoms with Gasteiger partial charge in [0.25, 0.3) is 5.91 Å². The molecule has 0 aromatic heterocycles. The van der Waals surface area contributed by atoms with Crippen LogP contribution in [0.3, 0.4) is 0 Å². The van der Waals surface area contributed by atoms with Crippen LogP contribution in [0.2, 0.25) is 0 Å². The van der Waals surface area contributed by atoms with Crippen molar-refractivity contribution in [3.8, 4) is 0 Å². The molecule has 0 saturated heterocycles. The maximum atomic E-state index is 12.4. The molecule has 2 N–H and O–H groups in total. The lowest BCUT2D eigenvalue weighted by atomic mass is 9.99. The third-order valence-electron chi connectivity index (χ3n) is 4.14. The van der Waals surface area contributed by atoms with Crippen LogP contribution in [-0.2, 0) is 17.6 Å². The predicted molar refractivity (Wildman–Crippen MR) is 98.7 cm³/mol. The molecule has 0 aliphatic heterocycles. The van der Waals surface area contributed by atoms with Crippen LogP contribution in [0, 0.1) is 0 Å². The molecule has 25 heavy (non-hydrogen) atoms. The zero-order chi connectivity index (χ0) is 17.9. The number of unbranched alkanes of at least 4 members (excludes halogenated alkanes) is 2. The van der Waals surface area contributed by atoms with Crippen molar-refractivity contribution >= 4 is 11.9 Å². The van der Waals surface area contributed by atoms with Crippen LogP contribution in [0.1, 0.15) is 47.2 Å². The molecule has 2 rings (SSSR count). The number of aryl methyl sites for hydroxylation is 2. The molecule has 0 saturated carbocycles. The van der Waals surface area contributed by atoms with Gasteiger partial charge < -0.3 is 10.4 Å². The van der Waals surface area contributed by atoms with E-state index in [4.69, 9.17) is 5.11 Å². The molecule has 1 amide bonds. The second-order valence-corrected chi connectivity index (χ2v) is 6.10. The second kappa shape index (κ2) is 10.3. The van der Waals surface area contributed by atoms with Crippen LogP contribution in [0.15, 0.2) is 54.6 Å². The Morgan fingerprint density at radius 2 is 1.56 bits per heavy atom. The molecular weight excluding hydrogens is 314 g/mol. The Balaban J connectivity index is 1.82. The van der Waals surface area contributed by atoms with Gasteiger partial charge in [-0.1, -0.05) is 55.0 Å². The number of aliphatic carboxylic acids is 1. The van der Waals surface area contributed by atoms with Crippen molar-refractivity contribution in [2.75, 3.05) is 6.54 Å². The molecule has 4 nitrogen and oxygen atoms in total. The summed E-state index contributed by atoms with van der Waals surface area (Å²) in [6, 6.07) is 18.0. The zero-order valence-electron chi connectivity index (χ0n) is 14.4. The molecule has 2 aromatic rings. The number of hydrogen-bond acceptors (Lipinski definition) is 2. The summed E-state index contributed by atoms with van der Waals surface area (Å²) in [4.78, 5) is 22.9. The monoisotopic (exact) mass is 339 g/mol. The van der Waals surface area contributed by atoms with Crippen LogP contribution in [0.25, 0.3) is 0 Å². The Kier molecular flexibility index (Phi) is 7.70. The Bertz CT molecular complexity index is 683. The molecular formula is C21H25NO3. The third kappa shape index (κ3) is 6.79. The normalized spacial score (nSPS) is 10.4. The summed E-state index contributed by atoms with van der Waals surface area (Å²) < 4.78 is 0. The van der Waals surface area contributed by atoms with Crippen LogP contribution >= 0.6 is 0 Å². The number of carboxylic acid groups (broad SMARTS) is 1. The topological polar surface area (TPSA) is 66.4 Å². The molecule has 0 unspecified atom stereocenters. The van der Waals surface area contributed by atoms with Crippen molar-refractivity contribution in [1.29, 1.82) is 0 Å². The van der Waals surface area contributed by atoms with Crippen molar-refractivity contribution in [1.82, 2.24) is 5.32 Å². The maximum Gasteiger partial charge on any atom is 0.303 e. The summed E-state index contributed by atoms with van der Waals surface area (Å²) in [6.45, 7) is 0.575. The SMILES string of the molecule is O=C(O)CCCCCNC(=O)c1ccccc1CCc1ccccc1. The first-order valence-corrected chi connectivity index (χ1v) is 8.78. The number of benzene rings is 2. The number of rotatable bonds is 10. The first-order chi connectivity index (χ1) is 12.2. The lowest BCUT2D eigenvalue weighted by Crippen LogP contribution is -2.25. The van der Waals surface area contributed by atoms with E-state index in [1.807, 2.05) is 42.5 Å². The van der Waals surface area contributed by atoms with Gasteiger partial charge in [-0.05, 0) is 42.9 Å². The van der Waals surface area contributed by atoms with Crippen LogP contribution < -0.4 is 5.32 Å². The van der Waals surface area contributed by atoms with E-state index in [-0.39, 0.29) is 12.3 Å². The van der Waals surface area contributed by atoms with E-state index in [9.17, 15) is 9.59 Å². The Labute approximate surface area is 148 Å². The average Bonchev–Trinajstić information content (AvgIpc) is 2.63. The molecule has 4 heteroatoms. The van der Waals surface area contributed by atoms with Gasteiger partial charge in [0.05, 0.1) is 0 Å². The first kappa shape index (κ1) is 18.7. The van der Waals surface area contributed by atoms with Crippen LogP contribution in [0.4, 0.5) is 0 Å². The molecule has 0 bridgehead atoms. The molecule has 0 spiro atoms. The molecule has 0 aliphatic carbocycles. The predicted octanol–water partition coefficient (Wildman–Crippen LogP) is 3.85. The van der Waals surface area contributed by atoms with Gasteiger partial charge in [-0.3, -0.25) is 9.59 Å². The van der Waals surface area contributed by atoms with Gasteiger partial charge in [-0.25, -0.2) is 0 Å². The van der Waals surface area contributed by atoms with E-state index in [0.29, 0.717) is 13.0 Å². The van der Waals surface area contributed by atoms with Crippen molar-refractivity contribution in [3.63, 3.8) is 0 Å². The number of carbonyl (C=O) groups is 2. The van der Waals surface area contributed by atoms with Gasteiger partial charge in [-0.2, -0.15) is 0 Å². The Morgan fingerprint density at radius 1 is 0.840 bits per heavy atom. The zero-order valence-corrected chi connectivity index (χ0v) is 14.4. The number of hydrogen-bond donors (Lipinski definition) is 2. The molecule has 0 aliphatic rings. The fourth-order valence-corrected chi connectivity index (χ4v) is 2.76. The molecule has 0 heterocycles. The van der Waals surface area contributed by atoms with Crippen molar-refractivity contribution in [2.45, 2.75) is 38.5 Å². The number of carboxylic acids is 1. The molecule has 0 fully saturated rings. The van der Waals surface area contributed by atoms with E-state index in [1.54, 1.807) is 0 Å². The minimum atomic E-state index is -0.767. The van der Waals surface area contributed by atoms with Crippen LogP contribution in [0.5, 0.6) is 0 Å². The van der Waals surface area contributed by atoms with E-state index >= 15 is 0 Å². The molecule has 0 atom stereocenters. The highest BCUT2D eigenvalue weighted by Crippen LogP contribution is 2.13. The van der Waals surface area contributed by atoms with Gasteiger partial charge in [0.15, 0.2) is 0 Å². The lowest BCUT2D eigenvalue weighted by molar-refractivity contribution is -0.137. The lowest BCUT2D eigenvalue weighted by Gasteiger charge is -2.10. The van der Waals surface area contributed by atoms with Crippen molar-refractivity contribution in [3.05, 3.63) is 71.3 Å². The van der Waals surface area contributed by atoms with Crippen molar-refractivity contribution in [2.24, 2.45) is 0 Å². The number of amides is 1. The van der Waals surface area contributed by atoms with E-state index in [0.717, 1.165) is 36.8 Å². The minimum absolute atomic E-state index is 0.0538. The third-order valence-corrected chi connectivity index (χ3v) is 4.14. The fourth-order valence-electron chi connectivity index (χ4n) is 2.76. The molecule has 132 valence electrons. The summed E-state index contributed by atoms with van der Waals surface area (Å²) in [6.07, 6.45) is 4.18. The van der Waals surface area contributed by atoms with Crippen molar-refractivity contribution < 1.29 is 14.7 Å². The number of nitrogens with one attached hydrogen (secondary N) is 1. The summed E-state index contributed by atoms with van der Waals surface area (Å²) in [5.74, 6) is -0.821. The first-order valence-electron chi connectivity index (χ1n) is 8.78. The summed E-state index contributed by atoms with van der Waals surface area (Å²) in [7, 11) is 0. The fraction of sp³-hybridized carbons (Fsp3) is 0.333. The van der Waals surface area contributed by atoms with Gasteiger partial charge >= 0.3 is 5.97 Å². The highest BCUT2D eigenvalue weighted by Gasteiger charge is 2.10. The van der Waals surface area contributed by atoms with Gasteiger partial charge in [-0.15, -0.1) is 0 Å². The van der Waals surface area contributed by atoms with Gasteiger partial charge in [0, 0.05) is 18.5 Å². The maximum absolute atomic E-state index is 12.4. The van der Waals surface area contributed by atoms with E-state index in [2.05, 4.69) is 17.4 Å². The van der Waals surface area contributed by atoms with E-state index in [1.165, 1.54) is 5.56 Å². The summed E-state index contributed by atoms with van der Waals surface area (Å²) in [5.41, 5.74) is 3.04. The Hall–Kier alpha value is -2.62. The highest BCUT2D eigenvalue weighted by molar-refractivity contribution is 5.95. The summed E-state index contributed by atoms with van der Waals surface area (Å²) in [5, 5.41) is 11.5. The molecule has 0 radical (unpaired) electrons. The van der Waals surface area contributed by atoms with E-state index < -0.39 is 5.97 Å². The quantitative estimate of drug-likeness (QED) is 0.646. The standard InChI is InChI=1S/C21H25NO3/c23-20(24)13-5-2-8-16-22-21(25)19-12-7-6-11-18(19)15-14-17-9-3-1-4-10-17/h1,3-4,6-7,9-12H,2,5,8,13-16H2,(H,22,25)(H,23,24). The molecule has 2 aromatic carbocycles. The Morgan fingerprint density at radius 3 is 2.32 bits per heavy atom. The van der Waals surface area contributed by atoms with Gasteiger partial charge in [0.1, 0.15) is 0 Å². The minimum Gasteiger partial charge on any atom is -0.481 e. The smallest absolute Gasteiger partial charge is 0.303 e. The average molecular weight is 339 g/mol. The second-order valence-electron chi connectivity index (χ2n) is 6.10. The summed E-state index contributed by atoms with van der Waals surface area (Å²) >= 11 is 0. The largest absolute Gasteiger partial charge is 0.481 e. The highest BCUT2D eigenvalue weighted by atomic mass is 16.4.